The summed E-state index contributed by atoms with van der Waals surface area (Å²) in [6, 6.07) is 6.08. The molecule has 4 nitrogen and oxygen atoms in total. The van der Waals surface area contributed by atoms with Crippen LogP contribution in [0.15, 0.2) is 30.6 Å². The van der Waals surface area contributed by atoms with Gasteiger partial charge in [-0.25, -0.2) is 0 Å². The predicted molar refractivity (Wildman–Crippen MR) is 82.8 cm³/mol. The molecule has 1 aromatic heterocycles. The first-order valence-corrected chi connectivity index (χ1v) is 7.09. The van der Waals surface area contributed by atoms with Crippen LogP contribution in [0.5, 0.6) is 0 Å². The van der Waals surface area contributed by atoms with Crippen LogP contribution in [-0.4, -0.2) is 25.2 Å². The standard InChI is InChI=1S/C16H21N3O/c1-20-9-7-16(5-6-16)11-19-14-3-2-12-10-18-8-4-13(12)15(14)17/h2-4,8,10,19H,5-7,9,11,17H2,1H3. The molecule has 0 bridgehead atoms. The third-order valence-electron chi connectivity index (χ3n) is 4.31. The highest BCUT2D eigenvalue weighted by atomic mass is 16.5. The van der Waals surface area contributed by atoms with E-state index in [9.17, 15) is 0 Å². The van der Waals surface area contributed by atoms with Crippen molar-refractivity contribution < 1.29 is 4.74 Å². The second kappa shape index (κ2) is 5.29. The highest BCUT2D eigenvalue weighted by Gasteiger charge is 2.41. The monoisotopic (exact) mass is 271 g/mol. The number of ether oxygens (including phenoxy) is 1. The molecule has 0 amide bonds. The van der Waals surface area contributed by atoms with Crippen molar-refractivity contribution >= 4 is 22.1 Å². The van der Waals surface area contributed by atoms with Gasteiger partial charge >= 0.3 is 0 Å². The number of nitrogens with one attached hydrogen (secondary N) is 1. The van der Waals surface area contributed by atoms with E-state index in [1.165, 1.54) is 12.8 Å². The quantitative estimate of drug-likeness (QED) is 0.793. The number of rotatable bonds is 6. The maximum Gasteiger partial charge on any atom is 0.0630 e. The molecule has 20 heavy (non-hydrogen) atoms. The van der Waals surface area contributed by atoms with Gasteiger partial charge in [0.25, 0.3) is 0 Å². The molecule has 4 heteroatoms. The van der Waals surface area contributed by atoms with Crippen molar-refractivity contribution in [3.63, 3.8) is 0 Å². The van der Waals surface area contributed by atoms with Gasteiger partial charge in [-0.1, -0.05) is 6.07 Å². The Kier molecular flexibility index (Phi) is 3.49. The molecule has 1 saturated carbocycles. The number of nitrogen functional groups attached to an aromatic ring is 1. The molecule has 2 aromatic rings. The highest BCUT2D eigenvalue weighted by molar-refractivity contribution is 5.98. The summed E-state index contributed by atoms with van der Waals surface area (Å²) < 4.78 is 5.19. The van der Waals surface area contributed by atoms with E-state index in [-0.39, 0.29) is 0 Å². The average Bonchev–Trinajstić information content (AvgIpc) is 3.25. The summed E-state index contributed by atoms with van der Waals surface area (Å²) in [5.74, 6) is 0. The van der Waals surface area contributed by atoms with E-state index in [0.29, 0.717) is 5.41 Å². The van der Waals surface area contributed by atoms with Crippen molar-refractivity contribution in [1.82, 2.24) is 4.98 Å². The van der Waals surface area contributed by atoms with Gasteiger partial charge in [-0.05, 0) is 36.8 Å². The molecule has 3 rings (SSSR count). The predicted octanol–water partition coefficient (Wildman–Crippen LogP) is 3.05. The fourth-order valence-electron chi connectivity index (χ4n) is 2.64. The van der Waals surface area contributed by atoms with E-state index in [2.05, 4.69) is 16.4 Å². The fraction of sp³-hybridized carbons (Fsp3) is 0.438. The Morgan fingerprint density at radius 1 is 1.35 bits per heavy atom. The molecule has 1 aliphatic carbocycles. The molecule has 0 aliphatic heterocycles. The van der Waals surface area contributed by atoms with E-state index < -0.39 is 0 Å². The third kappa shape index (κ3) is 2.56. The lowest BCUT2D eigenvalue weighted by atomic mass is 10.0. The zero-order chi connectivity index (χ0) is 14.0. The molecule has 0 radical (unpaired) electrons. The lowest BCUT2D eigenvalue weighted by Gasteiger charge is -2.18. The zero-order valence-electron chi connectivity index (χ0n) is 11.9. The summed E-state index contributed by atoms with van der Waals surface area (Å²) in [4.78, 5) is 4.12. The summed E-state index contributed by atoms with van der Waals surface area (Å²) in [6.07, 6.45) is 7.30. The van der Waals surface area contributed by atoms with Crippen molar-refractivity contribution in [3.8, 4) is 0 Å². The fourth-order valence-corrected chi connectivity index (χ4v) is 2.64. The van der Waals surface area contributed by atoms with Crippen molar-refractivity contribution in [1.29, 1.82) is 0 Å². The van der Waals surface area contributed by atoms with Gasteiger partial charge in [-0.15, -0.1) is 0 Å². The normalized spacial score (nSPS) is 16.2. The lowest BCUT2D eigenvalue weighted by Crippen LogP contribution is -2.18. The van der Waals surface area contributed by atoms with Gasteiger partial charge in [0.1, 0.15) is 0 Å². The second-order valence-corrected chi connectivity index (χ2v) is 5.72. The Morgan fingerprint density at radius 2 is 2.20 bits per heavy atom. The number of hydrogen-bond acceptors (Lipinski definition) is 4. The van der Waals surface area contributed by atoms with Crippen LogP contribution in [0.2, 0.25) is 0 Å². The second-order valence-electron chi connectivity index (χ2n) is 5.72. The summed E-state index contributed by atoms with van der Waals surface area (Å²) >= 11 is 0. The molecule has 106 valence electrons. The van der Waals surface area contributed by atoms with Crippen molar-refractivity contribution in [2.45, 2.75) is 19.3 Å². The van der Waals surface area contributed by atoms with E-state index >= 15 is 0 Å². The molecule has 1 aliphatic rings. The van der Waals surface area contributed by atoms with Gasteiger partial charge in [0.2, 0.25) is 0 Å². The maximum absolute atomic E-state index is 6.25. The number of aromatic nitrogens is 1. The van der Waals surface area contributed by atoms with Crippen LogP contribution in [0.3, 0.4) is 0 Å². The summed E-state index contributed by atoms with van der Waals surface area (Å²) in [6.45, 7) is 1.80. The Balaban J connectivity index is 1.73. The minimum Gasteiger partial charge on any atom is -0.397 e. The minimum atomic E-state index is 0.412. The van der Waals surface area contributed by atoms with Crippen molar-refractivity contribution in [2.75, 3.05) is 31.3 Å². The van der Waals surface area contributed by atoms with Crippen LogP contribution < -0.4 is 11.1 Å². The number of fused-ring (bicyclic) bond motifs is 1. The Bertz CT molecular complexity index is 608. The van der Waals surface area contributed by atoms with Crippen LogP contribution in [0.25, 0.3) is 10.8 Å². The maximum atomic E-state index is 6.25. The summed E-state index contributed by atoms with van der Waals surface area (Å²) in [5.41, 5.74) is 8.50. The van der Waals surface area contributed by atoms with Crippen molar-refractivity contribution in [2.24, 2.45) is 5.41 Å². The van der Waals surface area contributed by atoms with Crippen molar-refractivity contribution in [3.05, 3.63) is 30.6 Å². The van der Waals surface area contributed by atoms with Crippen LogP contribution in [0.4, 0.5) is 11.4 Å². The molecule has 1 aromatic carbocycles. The number of benzene rings is 1. The smallest absolute Gasteiger partial charge is 0.0630 e. The van der Waals surface area contributed by atoms with Crippen LogP contribution in [0.1, 0.15) is 19.3 Å². The molecule has 0 spiro atoms. The molecule has 0 saturated heterocycles. The minimum absolute atomic E-state index is 0.412. The number of nitrogens with zero attached hydrogens (tertiary/aromatic N) is 1. The SMILES string of the molecule is COCCC1(CNc2ccc3cnccc3c2N)CC1. The Morgan fingerprint density at radius 3 is 2.95 bits per heavy atom. The molecule has 0 unspecified atom stereocenters. The highest BCUT2D eigenvalue weighted by Crippen LogP contribution is 2.49. The number of hydrogen-bond donors (Lipinski definition) is 2. The first-order chi connectivity index (χ1) is 9.74. The number of nitrogens with two attached hydrogens (primary N) is 1. The Hall–Kier alpha value is -1.81. The molecule has 0 atom stereocenters. The third-order valence-corrected chi connectivity index (χ3v) is 4.31. The van der Waals surface area contributed by atoms with Gasteiger partial charge in [0.15, 0.2) is 0 Å². The number of methoxy groups -OCH3 is 1. The number of anilines is 2. The van der Waals surface area contributed by atoms with Gasteiger partial charge in [-0.2, -0.15) is 0 Å². The van der Waals surface area contributed by atoms with E-state index in [4.69, 9.17) is 10.5 Å². The van der Waals surface area contributed by atoms with E-state index in [1.54, 1.807) is 13.3 Å². The van der Waals surface area contributed by atoms with Crippen LogP contribution in [0, 0.1) is 5.41 Å². The topological polar surface area (TPSA) is 60.2 Å². The zero-order valence-corrected chi connectivity index (χ0v) is 11.9. The van der Waals surface area contributed by atoms with Gasteiger partial charge < -0.3 is 15.8 Å². The van der Waals surface area contributed by atoms with E-state index in [0.717, 1.165) is 41.7 Å². The Labute approximate surface area is 119 Å². The average molecular weight is 271 g/mol. The first kappa shape index (κ1) is 13.2. The van der Waals surface area contributed by atoms with Crippen LogP contribution >= 0.6 is 0 Å². The largest absolute Gasteiger partial charge is 0.397 e. The van der Waals surface area contributed by atoms with Gasteiger partial charge in [0.05, 0.1) is 11.4 Å². The molecule has 1 heterocycles. The summed E-state index contributed by atoms with van der Waals surface area (Å²) in [5, 5.41) is 5.66. The molecule has 3 N–H and O–H groups in total. The number of pyridine rings is 1. The molecular weight excluding hydrogens is 250 g/mol. The lowest BCUT2D eigenvalue weighted by molar-refractivity contribution is 0.175. The first-order valence-electron chi connectivity index (χ1n) is 7.09. The summed E-state index contributed by atoms with van der Waals surface area (Å²) in [7, 11) is 1.76. The van der Waals surface area contributed by atoms with Gasteiger partial charge in [0, 0.05) is 43.4 Å². The molecule has 1 fully saturated rings. The molecular formula is C16H21N3O. The van der Waals surface area contributed by atoms with Gasteiger partial charge in [-0.3, -0.25) is 4.98 Å². The van der Waals surface area contributed by atoms with Crippen LogP contribution in [-0.2, 0) is 4.74 Å². The van der Waals surface area contributed by atoms with E-state index in [1.807, 2.05) is 18.3 Å².